The van der Waals surface area contributed by atoms with Crippen LogP contribution in [0.15, 0.2) is 42.6 Å². The van der Waals surface area contributed by atoms with Gasteiger partial charge in [0.15, 0.2) is 0 Å². The molecule has 2 heterocycles. The lowest BCUT2D eigenvalue weighted by molar-refractivity contribution is 0.322. The predicted octanol–water partition coefficient (Wildman–Crippen LogP) is 2.46. The molecule has 0 saturated heterocycles. The van der Waals surface area contributed by atoms with Crippen LogP contribution in [0.1, 0.15) is 12.1 Å². The molecular weight excluding hydrogens is 238 g/mol. The molecular formula is C15H17N3O. The maximum atomic E-state index is 5.80. The summed E-state index contributed by atoms with van der Waals surface area (Å²) < 4.78 is 5.78. The summed E-state index contributed by atoms with van der Waals surface area (Å²) >= 11 is 0. The van der Waals surface area contributed by atoms with Gasteiger partial charge in [-0.15, -0.1) is 0 Å². The van der Waals surface area contributed by atoms with Crippen LogP contribution in [-0.4, -0.2) is 18.1 Å². The number of rotatable bonds is 2. The Labute approximate surface area is 112 Å². The second-order valence-electron chi connectivity index (χ2n) is 4.49. The van der Waals surface area contributed by atoms with Crippen LogP contribution in [0.5, 0.6) is 5.75 Å². The standard InChI is InChI=1S/C15H17N3O/c16-11-12-13(6-3-8-17-12)18-9-4-10-19-15-7-2-1-5-14(15)18/h1-3,5-8H,4,9-11,16H2. The van der Waals surface area contributed by atoms with Crippen LogP contribution in [0.25, 0.3) is 0 Å². The first-order valence-corrected chi connectivity index (χ1v) is 6.53. The van der Waals surface area contributed by atoms with Crippen molar-refractivity contribution in [1.82, 2.24) is 4.98 Å². The van der Waals surface area contributed by atoms with Crippen molar-refractivity contribution in [1.29, 1.82) is 0 Å². The van der Waals surface area contributed by atoms with Gasteiger partial charge < -0.3 is 15.4 Å². The van der Waals surface area contributed by atoms with Crippen LogP contribution in [0, 0.1) is 0 Å². The van der Waals surface area contributed by atoms with E-state index in [-0.39, 0.29) is 0 Å². The van der Waals surface area contributed by atoms with E-state index in [2.05, 4.69) is 22.0 Å². The largest absolute Gasteiger partial charge is 0.491 e. The summed E-state index contributed by atoms with van der Waals surface area (Å²) in [7, 11) is 0. The molecule has 98 valence electrons. The van der Waals surface area contributed by atoms with Gasteiger partial charge in [-0.25, -0.2) is 0 Å². The second kappa shape index (κ2) is 5.28. The Hall–Kier alpha value is -2.07. The van der Waals surface area contributed by atoms with Crippen molar-refractivity contribution < 1.29 is 4.74 Å². The Bertz CT molecular complexity index is 571. The van der Waals surface area contributed by atoms with Crippen molar-refractivity contribution in [3.63, 3.8) is 0 Å². The van der Waals surface area contributed by atoms with Crippen LogP contribution in [0.3, 0.4) is 0 Å². The van der Waals surface area contributed by atoms with Crippen LogP contribution < -0.4 is 15.4 Å². The lowest BCUT2D eigenvalue weighted by atomic mass is 10.2. The van der Waals surface area contributed by atoms with Crippen LogP contribution in [0.2, 0.25) is 0 Å². The Morgan fingerprint density at radius 3 is 2.89 bits per heavy atom. The molecule has 1 aromatic heterocycles. The zero-order valence-corrected chi connectivity index (χ0v) is 10.7. The zero-order chi connectivity index (χ0) is 13.1. The summed E-state index contributed by atoms with van der Waals surface area (Å²) in [5, 5.41) is 0. The van der Waals surface area contributed by atoms with Gasteiger partial charge in [0, 0.05) is 19.3 Å². The molecule has 0 bridgehead atoms. The summed E-state index contributed by atoms with van der Waals surface area (Å²) in [6, 6.07) is 12.1. The first kappa shape index (κ1) is 12.0. The smallest absolute Gasteiger partial charge is 0.142 e. The number of hydrogen-bond acceptors (Lipinski definition) is 4. The molecule has 4 nitrogen and oxygen atoms in total. The SMILES string of the molecule is NCc1ncccc1N1CCCOc2ccccc21. The van der Waals surface area contributed by atoms with E-state index >= 15 is 0 Å². The number of benzene rings is 1. The molecule has 0 amide bonds. The molecule has 0 atom stereocenters. The summed E-state index contributed by atoms with van der Waals surface area (Å²) in [4.78, 5) is 6.62. The van der Waals surface area contributed by atoms with E-state index in [9.17, 15) is 0 Å². The van der Waals surface area contributed by atoms with E-state index in [1.54, 1.807) is 6.20 Å². The molecule has 1 aliphatic heterocycles. The van der Waals surface area contributed by atoms with Gasteiger partial charge in [-0.3, -0.25) is 4.98 Å². The number of pyridine rings is 1. The molecule has 0 fully saturated rings. The van der Waals surface area contributed by atoms with Gasteiger partial charge >= 0.3 is 0 Å². The molecule has 1 aromatic carbocycles. The van der Waals surface area contributed by atoms with Gasteiger partial charge in [-0.1, -0.05) is 12.1 Å². The van der Waals surface area contributed by atoms with Crippen molar-refractivity contribution >= 4 is 11.4 Å². The van der Waals surface area contributed by atoms with Gasteiger partial charge in [0.1, 0.15) is 5.75 Å². The quantitative estimate of drug-likeness (QED) is 0.895. The number of ether oxygens (including phenoxy) is 1. The number of nitrogens with two attached hydrogens (primary N) is 1. The average molecular weight is 255 g/mol. The van der Waals surface area contributed by atoms with Crippen molar-refractivity contribution in [2.24, 2.45) is 5.73 Å². The highest BCUT2D eigenvalue weighted by Gasteiger charge is 2.19. The molecule has 0 unspecified atom stereocenters. The molecule has 1 aliphatic rings. The van der Waals surface area contributed by atoms with E-state index in [1.807, 2.05) is 24.3 Å². The van der Waals surface area contributed by atoms with Crippen molar-refractivity contribution in [2.75, 3.05) is 18.1 Å². The Morgan fingerprint density at radius 2 is 2.00 bits per heavy atom. The number of anilines is 2. The van der Waals surface area contributed by atoms with Gasteiger partial charge in [-0.2, -0.15) is 0 Å². The third-order valence-corrected chi connectivity index (χ3v) is 3.29. The number of aromatic nitrogens is 1. The Balaban J connectivity index is 2.09. The molecule has 3 rings (SSSR count). The van der Waals surface area contributed by atoms with Crippen LogP contribution in [-0.2, 0) is 6.54 Å². The van der Waals surface area contributed by atoms with Gasteiger partial charge in [0.05, 0.1) is 23.7 Å². The lowest BCUT2D eigenvalue weighted by Gasteiger charge is -2.25. The summed E-state index contributed by atoms with van der Waals surface area (Å²) in [5.41, 5.74) is 8.87. The molecule has 0 spiro atoms. The number of fused-ring (bicyclic) bond motifs is 1. The molecule has 0 radical (unpaired) electrons. The Morgan fingerprint density at radius 1 is 1.16 bits per heavy atom. The highest BCUT2D eigenvalue weighted by Crippen LogP contribution is 2.36. The van der Waals surface area contributed by atoms with Crippen molar-refractivity contribution in [2.45, 2.75) is 13.0 Å². The molecule has 0 aliphatic carbocycles. The van der Waals surface area contributed by atoms with Crippen LogP contribution >= 0.6 is 0 Å². The molecule has 4 heteroatoms. The molecule has 19 heavy (non-hydrogen) atoms. The van der Waals surface area contributed by atoms with E-state index in [0.717, 1.165) is 42.4 Å². The van der Waals surface area contributed by atoms with E-state index in [4.69, 9.17) is 10.5 Å². The summed E-state index contributed by atoms with van der Waals surface area (Å²) in [6.45, 7) is 2.09. The zero-order valence-electron chi connectivity index (χ0n) is 10.7. The number of para-hydroxylation sites is 2. The van der Waals surface area contributed by atoms with Crippen LogP contribution in [0.4, 0.5) is 11.4 Å². The monoisotopic (exact) mass is 255 g/mol. The fraction of sp³-hybridized carbons (Fsp3) is 0.267. The molecule has 2 aromatic rings. The first-order chi connectivity index (χ1) is 9.40. The maximum absolute atomic E-state index is 5.80. The van der Waals surface area contributed by atoms with E-state index < -0.39 is 0 Å². The second-order valence-corrected chi connectivity index (χ2v) is 4.49. The minimum atomic E-state index is 0.440. The topological polar surface area (TPSA) is 51.4 Å². The van der Waals surface area contributed by atoms with E-state index in [0.29, 0.717) is 6.54 Å². The first-order valence-electron chi connectivity index (χ1n) is 6.53. The number of nitrogens with zero attached hydrogens (tertiary/aromatic N) is 2. The van der Waals surface area contributed by atoms with Gasteiger partial charge in [0.2, 0.25) is 0 Å². The Kier molecular flexibility index (Phi) is 3.33. The third-order valence-electron chi connectivity index (χ3n) is 3.29. The van der Waals surface area contributed by atoms with Gasteiger partial charge in [0.25, 0.3) is 0 Å². The fourth-order valence-electron chi connectivity index (χ4n) is 2.41. The fourth-order valence-corrected chi connectivity index (χ4v) is 2.41. The average Bonchev–Trinajstić information content (AvgIpc) is 2.69. The molecule has 0 saturated carbocycles. The van der Waals surface area contributed by atoms with Gasteiger partial charge in [-0.05, 0) is 30.7 Å². The van der Waals surface area contributed by atoms with Crippen molar-refractivity contribution in [3.8, 4) is 5.75 Å². The number of hydrogen-bond donors (Lipinski definition) is 1. The minimum Gasteiger partial charge on any atom is -0.491 e. The summed E-state index contributed by atoms with van der Waals surface area (Å²) in [6.07, 6.45) is 2.76. The highest BCUT2D eigenvalue weighted by atomic mass is 16.5. The minimum absolute atomic E-state index is 0.440. The highest BCUT2D eigenvalue weighted by molar-refractivity contribution is 5.70. The predicted molar refractivity (Wildman–Crippen MR) is 75.7 cm³/mol. The lowest BCUT2D eigenvalue weighted by Crippen LogP contribution is -2.20. The normalized spacial score (nSPS) is 14.5. The molecule has 2 N–H and O–H groups in total. The van der Waals surface area contributed by atoms with E-state index in [1.165, 1.54) is 0 Å². The van der Waals surface area contributed by atoms with Crippen molar-refractivity contribution in [3.05, 3.63) is 48.3 Å². The summed E-state index contributed by atoms with van der Waals surface area (Å²) in [5.74, 6) is 0.923. The maximum Gasteiger partial charge on any atom is 0.142 e. The third kappa shape index (κ3) is 2.27.